The van der Waals surface area contributed by atoms with Gasteiger partial charge in [0.05, 0.1) is 0 Å². The van der Waals surface area contributed by atoms with Gasteiger partial charge in [0.15, 0.2) is 0 Å². The molecule has 1 amide bonds. The van der Waals surface area contributed by atoms with Crippen LogP contribution in [0.5, 0.6) is 0 Å². The molecule has 0 N–H and O–H groups in total. The van der Waals surface area contributed by atoms with Crippen molar-refractivity contribution in [1.82, 2.24) is 9.80 Å². The van der Waals surface area contributed by atoms with E-state index in [4.69, 9.17) is 0 Å². The topological polar surface area (TPSA) is 23.6 Å². The van der Waals surface area contributed by atoms with E-state index in [-0.39, 0.29) is 0 Å². The van der Waals surface area contributed by atoms with Crippen LogP contribution in [-0.4, -0.2) is 41.4 Å². The number of carbonyl (C=O) groups excluding carboxylic acids is 1. The van der Waals surface area contributed by atoms with Crippen LogP contribution >= 0.6 is 0 Å². The van der Waals surface area contributed by atoms with Gasteiger partial charge in [-0.1, -0.05) is 24.1 Å². The number of hydrogen-bond acceptors (Lipinski definition) is 2. The van der Waals surface area contributed by atoms with Crippen molar-refractivity contribution < 1.29 is 4.79 Å². The van der Waals surface area contributed by atoms with Gasteiger partial charge in [0.1, 0.15) is 0 Å². The first-order chi connectivity index (χ1) is 11.0. The predicted molar refractivity (Wildman–Crippen MR) is 94.5 cm³/mol. The highest BCUT2D eigenvalue weighted by molar-refractivity contribution is 5.78. The number of carbonyl (C=O) groups is 1. The number of likely N-dealkylation sites (tertiary alicyclic amines) is 2. The van der Waals surface area contributed by atoms with Crippen molar-refractivity contribution in [2.45, 2.75) is 65.5 Å². The summed E-state index contributed by atoms with van der Waals surface area (Å²) < 4.78 is 0. The third-order valence-corrected chi connectivity index (χ3v) is 5.55. The molecule has 2 aliphatic heterocycles. The molecule has 2 fully saturated rings. The first kappa shape index (κ1) is 16.5. The highest BCUT2D eigenvalue weighted by Crippen LogP contribution is 2.25. The monoisotopic (exact) mass is 314 g/mol. The zero-order valence-electron chi connectivity index (χ0n) is 14.9. The Kier molecular flexibility index (Phi) is 5.05. The van der Waals surface area contributed by atoms with Crippen molar-refractivity contribution in [3.63, 3.8) is 0 Å². The van der Waals surface area contributed by atoms with Crippen molar-refractivity contribution in [1.29, 1.82) is 0 Å². The SMILES string of the molecule is Cc1cc(C)c(CN2CCCCC2CN2CCCC2=O)c(C)c1. The first-order valence-corrected chi connectivity index (χ1v) is 9.13. The van der Waals surface area contributed by atoms with E-state index in [1.165, 1.54) is 48.1 Å². The highest BCUT2D eigenvalue weighted by Gasteiger charge is 2.29. The summed E-state index contributed by atoms with van der Waals surface area (Å²) in [6.07, 6.45) is 5.61. The van der Waals surface area contributed by atoms with Crippen LogP contribution < -0.4 is 0 Å². The molecule has 0 aromatic heterocycles. The molecule has 2 heterocycles. The minimum Gasteiger partial charge on any atom is -0.341 e. The molecule has 1 aromatic rings. The molecular formula is C20H30N2O. The summed E-state index contributed by atoms with van der Waals surface area (Å²) in [6.45, 7) is 10.7. The maximum absolute atomic E-state index is 12.0. The van der Waals surface area contributed by atoms with Gasteiger partial charge in [0.25, 0.3) is 0 Å². The molecule has 0 bridgehead atoms. The lowest BCUT2D eigenvalue weighted by Gasteiger charge is -2.38. The molecule has 0 spiro atoms. The summed E-state index contributed by atoms with van der Waals surface area (Å²) in [6, 6.07) is 5.13. The van der Waals surface area contributed by atoms with E-state index in [9.17, 15) is 4.79 Å². The minimum absolute atomic E-state index is 0.359. The fourth-order valence-electron chi connectivity index (χ4n) is 4.29. The van der Waals surface area contributed by atoms with Gasteiger partial charge in [0, 0.05) is 32.1 Å². The van der Waals surface area contributed by atoms with Crippen LogP contribution in [0.1, 0.15) is 54.4 Å². The van der Waals surface area contributed by atoms with E-state index in [0.29, 0.717) is 11.9 Å². The van der Waals surface area contributed by atoms with Crippen LogP contribution in [0, 0.1) is 20.8 Å². The Bertz CT molecular complexity index is 558. The maximum Gasteiger partial charge on any atom is 0.222 e. The van der Waals surface area contributed by atoms with Crippen LogP contribution in [0.3, 0.4) is 0 Å². The predicted octanol–water partition coefficient (Wildman–Crippen LogP) is 3.59. The normalized spacial score (nSPS) is 22.8. The van der Waals surface area contributed by atoms with Gasteiger partial charge in [0.2, 0.25) is 5.91 Å². The summed E-state index contributed by atoms with van der Waals surface area (Å²) in [7, 11) is 0. The van der Waals surface area contributed by atoms with E-state index in [0.717, 1.165) is 32.5 Å². The summed E-state index contributed by atoms with van der Waals surface area (Å²) in [5.41, 5.74) is 5.64. The van der Waals surface area contributed by atoms with Crippen LogP contribution in [0.15, 0.2) is 12.1 Å². The third kappa shape index (κ3) is 3.77. The van der Waals surface area contributed by atoms with Crippen molar-refractivity contribution in [3.8, 4) is 0 Å². The zero-order valence-corrected chi connectivity index (χ0v) is 14.9. The molecule has 0 radical (unpaired) electrons. The largest absolute Gasteiger partial charge is 0.341 e. The molecule has 2 saturated heterocycles. The quantitative estimate of drug-likeness (QED) is 0.848. The molecule has 2 aliphatic rings. The number of aryl methyl sites for hydroxylation is 3. The molecule has 1 aromatic carbocycles. The van der Waals surface area contributed by atoms with Crippen LogP contribution in [-0.2, 0) is 11.3 Å². The Hall–Kier alpha value is -1.35. The fourth-order valence-corrected chi connectivity index (χ4v) is 4.29. The lowest BCUT2D eigenvalue weighted by atomic mass is 9.96. The summed E-state index contributed by atoms with van der Waals surface area (Å²) >= 11 is 0. The van der Waals surface area contributed by atoms with Gasteiger partial charge in [-0.2, -0.15) is 0 Å². The van der Waals surface area contributed by atoms with Crippen LogP contribution in [0.4, 0.5) is 0 Å². The van der Waals surface area contributed by atoms with E-state index in [1.807, 2.05) is 0 Å². The second kappa shape index (κ2) is 7.04. The smallest absolute Gasteiger partial charge is 0.222 e. The lowest BCUT2D eigenvalue weighted by molar-refractivity contribution is -0.128. The number of benzene rings is 1. The van der Waals surface area contributed by atoms with Gasteiger partial charge in [-0.25, -0.2) is 0 Å². The Morgan fingerprint density at radius 2 is 1.78 bits per heavy atom. The summed E-state index contributed by atoms with van der Waals surface area (Å²) in [5, 5.41) is 0. The lowest BCUT2D eigenvalue weighted by Crippen LogP contribution is -2.46. The van der Waals surface area contributed by atoms with Crippen molar-refractivity contribution in [3.05, 3.63) is 34.4 Å². The molecule has 3 heteroatoms. The zero-order chi connectivity index (χ0) is 16.4. The molecular weight excluding hydrogens is 284 g/mol. The number of amides is 1. The fraction of sp³-hybridized carbons (Fsp3) is 0.650. The second-order valence-electron chi connectivity index (χ2n) is 7.44. The van der Waals surface area contributed by atoms with E-state index in [1.54, 1.807) is 0 Å². The van der Waals surface area contributed by atoms with Gasteiger partial charge >= 0.3 is 0 Å². The van der Waals surface area contributed by atoms with Crippen molar-refractivity contribution in [2.75, 3.05) is 19.6 Å². The summed E-state index contributed by atoms with van der Waals surface area (Å²) in [5.74, 6) is 0.359. The average molecular weight is 314 g/mol. The van der Waals surface area contributed by atoms with Gasteiger partial charge in [-0.05, 0) is 63.3 Å². The number of piperidine rings is 1. The van der Waals surface area contributed by atoms with Crippen molar-refractivity contribution >= 4 is 5.91 Å². The maximum atomic E-state index is 12.0. The van der Waals surface area contributed by atoms with E-state index >= 15 is 0 Å². The molecule has 0 aliphatic carbocycles. The first-order valence-electron chi connectivity index (χ1n) is 9.13. The molecule has 0 saturated carbocycles. The molecule has 23 heavy (non-hydrogen) atoms. The Morgan fingerprint density at radius 3 is 2.43 bits per heavy atom. The molecule has 126 valence electrons. The number of nitrogens with zero attached hydrogens (tertiary/aromatic N) is 2. The highest BCUT2D eigenvalue weighted by atomic mass is 16.2. The second-order valence-corrected chi connectivity index (χ2v) is 7.44. The molecule has 3 rings (SSSR count). The Balaban J connectivity index is 1.73. The van der Waals surface area contributed by atoms with E-state index in [2.05, 4.69) is 42.7 Å². The van der Waals surface area contributed by atoms with Crippen LogP contribution in [0.25, 0.3) is 0 Å². The van der Waals surface area contributed by atoms with Gasteiger partial charge in [-0.15, -0.1) is 0 Å². The van der Waals surface area contributed by atoms with Gasteiger partial charge in [-0.3, -0.25) is 9.69 Å². The number of hydrogen-bond donors (Lipinski definition) is 0. The average Bonchev–Trinajstić information content (AvgIpc) is 2.90. The van der Waals surface area contributed by atoms with Crippen LogP contribution in [0.2, 0.25) is 0 Å². The Labute approximate surface area is 140 Å². The third-order valence-electron chi connectivity index (χ3n) is 5.55. The molecule has 3 nitrogen and oxygen atoms in total. The number of rotatable bonds is 4. The van der Waals surface area contributed by atoms with Gasteiger partial charge < -0.3 is 4.90 Å². The van der Waals surface area contributed by atoms with Crippen molar-refractivity contribution in [2.24, 2.45) is 0 Å². The van der Waals surface area contributed by atoms with E-state index < -0.39 is 0 Å². The molecule has 1 unspecified atom stereocenters. The molecule has 1 atom stereocenters. The minimum atomic E-state index is 0.359. The Morgan fingerprint density at radius 1 is 1.04 bits per heavy atom. The summed E-state index contributed by atoms with van der Waals surface area (Å²) in [4.78, 5) is 16.7. The standard InChI is InChI=1S/C20H30N2O/c1-15-11-16(2)19(17(3)12-15)14-21-9-5-4-7-18(21)13-22-10-6-8-20(22)23/h11-12,18H,4-10,13-14H2,1-3H3.